The number of carbonyl (C=O) groups excluding carboxylic acids is 1. The summed E-state index contributed by atoms with van der Waals surface area (Å²) in [5.74, 6) is -0.244. The second kappa shape index (κ2) is 5.52. The molecule has 20 heavy (non-hydrogen) atoms. The van der Waals surface area contributed by atoms with Crippen LogP contribution >= 0.6 is 0 Å². The van der Waals surface area contributed by atoms with Gasteiger partial charge in [-0.15, -0.1) is 0 Å². The maximum atomic E-state index is 11.9. The number of nitrogens with one attached hydrogen (secondary N) is 2. The van der Waals surface area contributed by atoms with Crippen LogP contribution in [0.25, 0.3) is 0 Å². The van der Waals surface area contributed by atoms with Gasteiger partial charge in [0.15, 0.2) is 6.10 Å². The van der Waals surface area contributed by atoms with Crippen LogP contribution in [-0.2, 0) is 16.2 Å². The van der Waals surface area contributed by atoms with E-state index >= 15 is 0 Å². The van der Waals surface area contributed by atoms with Crippen LogP contribution in [0.5, 0.6) is 0 Å². The molecule has 1 aliphatic heterocycles. The Labute approximate surface area is 115 Å². The Morgan fingerprint density at radius 1 is 1.40 bits per heavy atom. The maximum Gasteiger partial charge on any atom is 0.269 e. The summed E-state index contributed by atoms with van der Waals surface area (Å²) in [5, 5.41) is 16.6. The van der Waals surface area contributed by atoms with Gasteiger partial charge in [-0.3, -0.25) is 4.79 Å². The van der Waals surface area contributed by atoms with Gasteiger partial charge in [-0.05, 0) is 5.56 Å². The molecule has 0 saturated heterocycles. The highest BCUT2D eigenvalue weighted by Crippen LogP contribution is 2.26. The SMILES string of the molecule is O=C(NCc1cn[nH]n1)C1=NO[C@@H](c2ccccc2)C1. The first-order valence-corrected chi connectivity index (χ1v) is 6.23. The normalized spacial score (nSPS) is 17.4. The van der Waals surface area contributed by atoms with E-state index in [4.69, 9.17) is 4.84 Å². The molecule has 0 radical (unpaired) electrons. The first-order chi connectivity index (χ1) is 9.83. The molecule has 0 fully saturated rings. The number of aromatic amines is 1. The number of H-pyrrole nitrogens is 1. The van der Waals surface area contributed by atoms with Crippen molar-refractivity contribution in [1.29, 1.82) is 0 Å². The van der Waals surface area contributed by atoms with Gasteiger partial charge in [0.1, 0.15) is 11.4 Å². The summed E-state index contributed by atoms with van der Waals surface area (Å²) in [6.07, 6.45) is 1.83. The van der Waals surface area contributed by atoms with E-state index in [1.807, 2.05) is 30.3 Å². The Hall–Kier alpha value is -2.70. The third-order valence-corrected chi connectivity index (χ3v) is 3.00. The van der Waals surface area contributed by atoms with Gasteiger partial charge in [0.25, 0.3) is 5.91 Å². The molecule has 102 valence electrons. The number of hydrogen-bond donors (Lipinski definition) is 2. The number of rotatable bonds is 4. The summed E-state index contributed by atoms with van der Waals surface area (Å²) in [4.78, 5) is 17.2. The third kappa shape index (κ3) is 2.66. The minimum absolute atomic E-state index is 0.191. The molecule has 2 heterocycles. The van der Waals surface area contributed by atoms with Crippen LogP contribution in [-0.4, -0.2) is 27.0 Å². The summed E-state index contributed by atoms with van der Waals surface area (Å²) in [5.41, 5.74) is 2.07. The number of aromatic nitrogens is 3. The van der Waals surface area contributed by atoms with E-state index in [-0.39, 0.29) is 12.0 Å². The van der Waals surface area contributed by atoms with Crippen LogP contribution in [0.4, 0.5) is 0 Å². The molecule has 0 unspecified atom stereocenters. The molecule has 0 spiro atoms. The van der Waals surface area contributed by atoms with Gasteiger partial charge in [-0.1, -0.05) is 35.5 Å². The molecule has 1 aromatic carbocycles. The first kappa shape index (κ1) is 12.3. The van der Waals surface area contributed by atoms with Crippen molar-refractivity contribution in [2.45, 2.75) is 19.1 Å². The van der Waals surface area contributed by atoms with Crippen molar-refractivity contribution in [3.8, 4) is 0 Å². The number of hydrogen-bond acceptors (Lipinski definition) is 5. The molecule has 2 aromatic rings. The lowest BCUT2D eigenvalue weighted by molar-refractivity contribution is -0.115. The highest BCUT2D eigenvalue weighted by atomic mass is 16.6. The van der Waals surface area contributed by atoms with Gasteiger partial charge in [0.05, 0.1) is 12.7 Å². The predicted octanol–water partition coefficient (Wildman–Crippen LogP) is 0.938. The molecule has 7 nitrogen and oxygen atoms in total. The van der Waals surface area contributed by atoms with Crippen molar-refractivity contribution in [3.63, 3.8) is 0 Å². The van der Waals surface area contributed by atoms with E-state index in [1.165, 1.54) is 0 Å². The Morgan fingerprint density at radius 3 is 3.00 bits per heavy atom. The average molecular weight is 271 g/mol. The number of nitrogens with zero attached hydrogens (tertiary/aromatic N) is 3. The molecule has 0 saturated carbocycles. The molecule has 1 atom stereocenters. The second-order valence-corrected chi connectivity index (χ2v) is 4.39. The fourth-order valence-corrected chi connectivity index (χ4v) is 1.94. The monoisotopic (exact) mass is 271 g/mol. The van der Waals surface area contributed by atoms with Crippen LogP contribution in [0.2, 0.25) is 0 Å². The molecule has 2 N–H and O–H groups in total. The van der Waals surface area contributed by atoms with Crippen LogP contribution in [0.15, 0.2) is 41.7 Å². The zero-order chi connectivity index (χ0) is 13.8. The van der Waals surface area contributed by atoms with E-state index in [0.29, 0.717) is 24.4 Å². The largest absolute Gasteiger partial charge is 0.387 e. The number of benzene rings is 1. The lowest BCUT2D eigenvalue weighted by atomic mass is 10.0. The molecule has 0 aliphatic carbocycles. The van der Waals surface area contributed by atoms with E-state index in [2.05, 4.69) is 25.9 Å². The molecule has 0 bridgehead atoms. The first-order valence-electron chi connectivity index (χ1n) is 6.23. The lowest BCUT2D eigenvalue weighted by Crippen LogP contribution is -2.30. The third-order valence-electron chi connectivity index (χ3n) is 3.00. The quantitative estimate of drug-likeness (QED) is 0.865. The van der Waals surface area contributed by atoms with E-state index < -0.39 is 0 Å². The van der Waals surface area contributed by atoms with Gasteiger partial charge >= 0.3 is 0 Å². The Balaban J connectivity index is 1.55. The van der Waals surface area contributed by atoms with Gasteiger partial charge in [-0.25, -0.2) is 0 Å². The van der Waals surface area contributed by atoms with E-state index in [0.717, 1.165) is 5.56 Å². The number of amides is 1. The molecule has 1 aromatic heterocycles. The van der Waals surface area contributed by atoms with Crippen molar-refractivity contribution in [2.24, 2.45) is 5.16 Å². The van der Waals surface area contributed by atoms with Crippen LogP contribution in [0, 0.1) is 0 Å². The average Bonchev–Trinajstić information content (AvgIpc) is 3.17. The van der Waals surface area contributed by atoms with E-state index in [9.17, 15) is 4.79 Å². The van der Waals surface area contributed by atoms with Gasteiger partial charge in [0, 0.05) is 6.42 Å². The summed E-state index contributed by atoms with van der Waals surface area (Å²) >= 11 is 0. The predicted molar refractivity (Wildman–Crippen MR) is 70.5 cm³/mol. The van der Waals surface area contributed by atoms with Crippen molar-refractivity contribution in [1.82, 2.24) is 20.7 Å². The number of oxime groups is 1. The minimum atomic E-state index is -0.244. The van der Waals surface area contributed by atoms with Crippen molar-refractivity contribution < 1.29 is 9.63 Å². The molecule has 3 rings (SSSR count). The smallest absolute Gasteiger partial charge is 0.269 e. The zero-order valence-electron chi connectivity index (χ0n) is 10.6. The Morgan fingerprint density at radius 2 is 2.25 bits per heavy atom. The minimum Gasteiger partial charge on any atom is -0.387 e. The molecule has 1 aliphatic rings. The van der Waals surface area contributed by atoms with Gasteiger partial charge in [0.2, 0.25) is 0 Å². The van der Waals surface area contributed by atoms with Gasteiger partial charge in [-0.2, -0.15) is 15.4 Å². The second-order valence-electron chi connectivity index (χ2n) is 4.39. The fourth-order valence-electron chi connectivity index (χ4n) is 1.94. The van der Waals surface area contributed by atoms with Crippen molar-refractivity contribution in [3.05, 3.63) is 47.8 Å². The van der Waals surface area contributed by atoms with E-state index in [1.54, 1.807) is 6.20 Å². The highest BCUT2D eigenvalue weighted by Gasteiger charge is 2.27. The Bertz CT molecular complexity index is 609. The summed E-state index contributed by atoms with van der Waals surface area (Å²) in [6.45, 7) is 0.310. The molecular weight excluding hydrogens is 258 g/mol. The molecule has 1 amide bonds. The topological polar surface area (TPSA) is 92.3 Å². The highest BCUT2D eigenvalue weighted by molar-refractivity contribution is 6.39. The van der Waals surface area contributed by atoms with Crippen LogP contribution in [0.3, 0.4) is 0 Å². The molecular formula is C13H13N5O2. The zero-order valence-corrected chi connectivity index (χ0v) is 10.6. The summed E-state index contributed by atoms with van der Waals surface area (Å²) in [6, 6.07) is 9.71. The fraction of sp³-hybridized carbons (Fsp3) is 0.231. The standard InChI is InChI=1S/C13H13N5O2/c19-13(14-7-10-8-15-18-16-10)11-6-12(20-17-11)9-4-2-1-3-5-9/h1-5,8,12H,6-7H2,(H,14,19)(H,15,16,18)/t12-/m1/s1. The number of carbonyl (C=O) groups is 1. The summed E-state index contributed by atoms with van der Waals surface area (Å²) < 4.78 is 0. The van der Waals surface area contributed by atoms with Crippen LogP contribution < -0.4 is 5.32 Å². The summed E-state index contributed by atoms with van der Waals surface area (Å²) in [7, 11) is 0. The molecule has 7 heteroatoms. The lowest BCUT2D eigenvalue weighted by Gasteiger charge is -2.07. The van der Waals surface area contributed by atoms with Crippen molar-refractivity contribution >= 4 is 11.6 Å². The van der Waals surface area contributed by atoms with Crippen molar-refractivity contribution in [2.75, 3.05) is 0 Å². The van der Waals surface area contributed by atoms with Crippen LogP contribution in [0.1, 0.15) is 23.8 Å². The maximum absolute atomic E-state index is 11.9. The van der Waals surface area contributed by atoms with Gasteiger partial charge < -0.3 is 10.2 Å². The Kier molecular flexibility index (Phi) is 3.40.